The predicted molar refractivity (Wildman–Crippen MR) is 37.8 cm³/mol. The summed E-state index contributed by atoms with van der Waals surface area (Å²) >= 11 is 0. The largest absolute Gasteiger partial charge is 0.507 e. The van der Waals surface area contributed by atoms with E-state index in [4.69, 9.17) is 10.4 Å². The lowest BCUT2D eigenvalue weighted by Gasteiger charge is -2.01. The fraction of sp³-hybridized carbons (Fsp3) is 0.125. The van der Waals surface area contributed by atoms with Crippen molar-refractivity contribution in [1.29, 1.82) is 5.26 Å². The van der Waals surface area contributed by atoms with Crippen LogP contribution in [-0.2, 0) is 0 Å². The van der Waals surface area contributed by atoms with Crippen molar-refractivity contribution >= 4 is 0 Å². The molecule has 0 radical (unpaired) electrons. The van der Waals surface area contributed by atoms with Crippen molar-refractivity contribution < 1.29 is 13.9 Å². The molecular formula is C8H5F2NO. The lowest BCUT2D eigenvalue weighted by molar-refractivity contribution is 0.147. The summed E-state index contributed by atoms with van der Waals surface area (Å²) in [5.74, 6) is -0.482. The molecule has 0 aliphatic heterocycles. The molecule has 1 N–H and O–H groups in total. The summed E-state index contributed by atoms with van der Waals surface area (Å²) in [5.41, 5.74) is -0.392. The van der Waals surface area contributed by atoms with Crippen LogP contribution < -0.4 is 0 Å². The number of hydrogen-bond acceptors (Lipinski definition) is 2. The highest BCUT2D eigenvalue weighted by molar-refractivity contribution is 5.41. The van der Waals surface area contributed by atoms with E-state index in [1.54, 1.807) is 6.07 Å². The van der Waals surface area contributed by atoms with Gasteiger partial charge in [0.2, 0.25) is 0 Å². The van der Waals surface area contributed by atoms with Crippen LogP contribution in [0.25, 0.3) is 0 Å². The molecule has 0 amide bonds. The first kappa shape index (κ1) is 8.47. The molecule has 0 unspecified atom stereocenters. The van der Waals surface area contributed by atoms with Gasteiger partial charge >= 0.3 is 0 Å². The van der Waals surface area contributed by atoms with Crippen LogP contribution in [0.15, 0.2) is 18.2 Å². The molecule has 0 saturated heterocycles. The van der Waals surface area contributed by atoms with Crippen LogP contribution in [0, 0.1) is 11.3 Å². The number of nitrogens with zero attached hydrogens (tertiary/aromatic N) is 1. The van der Waals surface area contributed by atoms with Crippen molar-refractivity contribution in [3.05, 3.63) is 29.3 Å². The summed E-state index contributed by atoms with van der Waals surface area (Å²) in [6.45, 7) is 0. The van der Waals surface area contributed by atoms with Gasteiger partial charge in [0.1, 0.15) is 5.75 Å². The van der Waals surface area contributed by atoms with Crippen molar-refractivity contribution in [2.24, 2.45) is 0 Å². The van der Waals surface area contributed by atoms with Crippen molar-refractivity contribution in [2.75, 3.05) is 0 Å². The van der Waals surface area contributed by atoms with Gasteiger partial charge in [-0.2, -0.15) is 5.26 Å². The summed E-state index contributed by atoms with van der Waals surface area (Å²) in [4.78, 5) is 0. The number of benzene rings is 1. The highest BCUT2D eigenvalue weighted by Crippen LogP contribution is 2.28. The van der Waals surface area contributed by atoms with Gasteiger partial charge in [0, 0.05) is 0 Å². The Bertz CT molecular complexity index is 330. The Morgan fingerprint density at radius 1 is 1.42 bits per heavy atom. The van der Waals surface area contributed by atoms with Crippen LogP contribution in [0.3, 0.4) is 0 Å². The van der Waals surface area contributed by atoms with E-state index < -0.39 is 17.7 Å². The predicted octanol–water partition coefficient (Wildman–Crippen LogP) is 2.20. The van der Waals surface area contributed by atoms with Crippen molar-refractivity contribution in [3.8, 4) is 11.8 Å². The summed E-state index contributed by atoms with van der Waals surface area (Å²) in [5, 5.41) is 17.3. The number of halogens is 2. The van der Waals surface area contributed by atoms with Gasteiger partial charge in [-0.15, -0.1) is 0 Å². The Hall–Kier alpha value is -1.63. The number of aromatic hydroxyl groups is 1. The van der Waals surface area contributed by atoms with E-state index in [0.29, 0.717) is 0 Å². The third-order valence-electron chi connectivity index (χ3n) is 1.39. The van der Waals surface area contributed by atoms with Crippen molar-refractivity contribution in [1.82, 2.24) is 0 Å². The third kappa shape index (κ3) is 1.51. The minimum Gasteiger partial charge on any atom is -0.507 e. The first-order chi connectivity index (χ1) is 5.65. The molecule has 0 fully saturated rings. The maximum atomic E-state index is 12.1. The molecule has 0 saturated carbocycles. The zero-order valence-electron chi connectivity index (χ0n) is 5.96. The number of nitriles is 1. The lowest BCUT2D eigenvalue weighted by Crippen LogP contribution is -1.86. The molecule has 1 rings (SSSR count). The van der Waals surface area contributed by atoms with Crippen LogP contribution in [-0.4, -0.2) is 5.11 Å². The normalized spacial score (nSPS) is 9.83. The average molecular weight is 169 g/mol. The molecule has 1 aromatic carbocycles. The summed E-state index contributed by atoms with van der Waals surface area (Å²) < 4.78 is 24.1. The fourth-order valence-electron chi connectivity index (χ4n) is 0.799. The van der Waals surface area contributed by atoms with E-state index in [2.05, 4.69) is 0 Å². The van der Waals surface area contributed by atoms with Gasteiger partial charge < -0.3 is 5.11 Å². The molecule has 1 aromatic rings. The maximum Gasteiger partial charge on any atom is 0.267 e. The lowest BCUT2D eigenvalue weighted by atomic mass is 10.1. The number of rotatable bonds is 1. The van der Waals surface area contributed by atoms with Gasteiger partial charge in [-0.1, -0.05) is 0 Å². The topological polar surface area (TPSA) is 44.0 Å². The van der Waals surface area contributed by atoms with Crippen LogP contribution in [0.1, 0.15) is 17.6 Å². The van der Waals surface area contributed by atoms with E-state index >= 15 is 0 Å². The van der Waals surface area contributed by atoms with Gasteiger partial charge in [0.05, 0.1) is 17.2 Å². The molecule has 12 heavy (non-hydrogen) atoms. The molecule has 62 valence electrons. The van der Waals surface area contributed by atoms with Gasteiger partial charge in [0.25, 0.3) is 6.43 Å². The maximum absolute atomic E-state index is 12.1. The fourth-order valence-corrected chi connectivity index (χ4v) is 0.799. The second kappa shape index (κ2) is 3.18. The average Bonchev–Trinajstić information content (AvgIpc) is 2.05. The van der Waals surface area contributed by atoms with Crippen LogP contribution >= 0.6 is 0 Å². The highest BCUT2D eigenvalue weighted by atomic mass is 19.3. The first-order valence-corrected chi connectivity index (χ1v) is 3.16. The molecule has 0 heterocycles. The van der Waals surface area contributed by atoms with Crippen LogP contribution in [0.5, 0.6) is 5.75 Å². The standard InChI is InChI=1S/C8H5F2NO/c9-8(10)6-3-5(4-11)1-2-7(6)12/h1-3,8,12H. The van der Waals surface area contributed by atoms with Gasteiger partial charge in [-0.3, -0.25) is 0 Å². The zero-order valence-corrected chi connectivity index (χ0v) is 5.96. The monoisotopic (exact) mass is 169 g/mol. The van der Waals surface area contributed by atoms with E-state index in [1.807, 2.05) is 0 Å². The molecule has 0 aliphatic rings. The summed E-state index contributed by atoms with van der Waals surface area (Å²) in [6, 6.07) is 5.04. The second-order valence-corrected chi connectivity index (χ2v) is 2.19. The van der Waals surface area contributed by atoms with Crippen molar-refractivity contribution in [3.63, 3.8) is 0 Å². The zero-order chi connectivity index (χ0) is 9.14. The molecule has 0 bridgehead atoms. The third-order valence-corrected chi connectivity index (χ3v) is 1.39. The van der Waals surface area contributed by atoms with E-state index in [9.17, 15) is 8.78 Å². The summed E-state index contributed by atoms with van der Waals surface area (Å²) in [6.07, 6.45) is -2.75. The Balaban J connectivity index is 3.19. The highest BCUT2D eigenvalue weighted by Gasteiger charge is 2.12. The van der Waals surface area contributed by atoms with Gasteiger partial charge in [0.15, 0.2) is 0 Å². The molecule has 0 spiro atoms. The number of phenols is 1. The minimum atomic E-state index is -2.75. The van der Waals surface area contributed by atoms with Gasteiger partial charge in [-0.25, -0.2) is 8.78 Å². The molecule has 0 atom stereocenters. The molecule has 0 aromatic heterocycles. The molecular weight excluding hydrogens is 164 g/mol. The SMILES string of the molecule is N#Cc1ccc(O)c(C(F)F)c1. The van der Waals surface area contributed by atoms with Gasteiger partial charge in [-0.05, 0) is 18.2 Å². The number of alkyl halides is 2. The Morgan fingerprint density at radius 3 is 2.58 bits per heavy atom. The summed E-state index contributed by atoms with van der Waals surface area (Å²) in [7, 11) is 0. The van der Waals surface area contributed by atoms with Crippen LogP contribution in [0.4, 0.5) is 8.78 Å². The Kier molecular flexibility index (Phi) is 2.24. The quantitative estimate of drug-likeness (QED) is 0.700. The van der Waals surface area contributed by atoms with E-state index in [-0.39, 0.29) is 5.56 Å². The first-order valence-electron chi connectivity index (χ1n) is 3.16. The minimum absolute atomic E-state index is 0.114. The smallest absolute Gasteiger partial charge is 0.267 e. The molecule has 0 aliphatic carbocycles. The number of phenolic OH excluding ortho intramolecular Hbond substituents is 1. The number of hydrogen-bond donors (Lipinski definition) is 1. The molecule has 4 heteroatoms. The van der Waals surface area contributed by atoms with Crippen LogP contribution in [0.2, 0.25) is 0 Å². The molecule has 2 nitrogen and oxygen atoms in total. The Morgan fingerprint density at radius 2 is 2.08 bits per heavy atom. The Labute approximate surface area is 67.7 Å². The van der Waals surface area contributed by atoms with E-state index in [0.717, 1.165) is 12.1 Å². The van der Waals surface area contributed by atoms with E-state index in [1.165, 1.54) is 6.07 Å². The van der Waals surface area contributed by atoms with Crippen molar-refractivity contribution in [2.45, 2.75) is 6.43 Å². The second-order valence-electron chi connectivity index (χ2n) is 2.19.